The summed E-state index contributed by atoms with van der Waals surface area (Å²) in [6.45, 7) is 1.06. The molecule has 172 valence electrons. The molecule has 5 amide bonds. The number of hydrogen-bond donors (Lipinski definition) is 4. The van der Waals surface area contributed by atoms with Crippen LogP contribution in [0.2, 0.25) is 0 Å². The second kappa shape index (κ2) is 9.92. The molecule has 0 aliphatic carbocycles. The molecule has 10 nitrogen and oxygen atoms in total. The van der Waals surface area contributed by atoms with E-state index in [1.165, 1.54) is 6.08 Å². The van der Waals surface area contributed by atoms with Gasteiger partial charge in [-0.3, -0.25) is 29.7 Å². The first-order chi connectivity index (χ1) is 16.4. The Balaban J connectivity index is 1.53. The van der Waals surface area contributed by atoms with Crippen LogP contribution in [0.3, 0.4) is 0 Å². The second-order valence-electron chi connectivity index (χ2n) is 7.51. The number of benzene rings is 2. The molecule has 0 radical (unpaired) electrons. The summed E-state index contributed by atoms with van der Waals surface area (Å²) in [5.74, 6) is -1.79. The third-order valence-corrected chi connectivity index (χ3v) is 5.16. The topological polar surface area (TPSA) is 148 Å². The SMILES string of the molecule is NCc1ccc(C(=O)NCCn2cc(C=C3C(=O)NC(=O)NC3=O)c(-c3ccccc3)n2)cc1. The third kappa shape index (κ3) is 5.08. The van der Waals surface area contributed by atoms with Gasteiger partial charge in [0.05, 0.1) is 12.2 Å². The average molecular weight is 458 g/mol. The van der Waals surface area contributed by atoms with Crippen molar-refractivity contribution in [1.29, 1.82) is 0 Å². The van der Waals surface area contributed by atoms with Crippen molar-refractivity contribution in [2.75, 3.05) is 6.54 Å². The highest BCUT2D eigenvalue weighted by atomic mass is 16.2. The number of carbonyl (C=O) groups excluding carboxylic acids is 4. The van der Waals surface area contributed by atoms with Crippen LogP contribution >= 0.6 is 0 Å². The van der Waals surface area contributed by atoms with Crippen molar-refractivity contribution in [2.45, 2.75) is 13.1 Å². The van der Waals surface area contributed by atoms with E-state index in [2.05, 4.69) is 21.0 Å². The van der Waals surface area contributed by atoms with Gasteiger partial charge in [-0.05, 0) is 23.8 Å². The molecule has 0 atom stereocenters. The molecule has 2 heterocycles. The van der Waals surface area contributed by atoms with Gasteiger partial charge in [0.25, 0.3) is 17.7 Å². The van der Waals surface area contributed by atoms with Crippen molar-refractivity contribution in [2.24, 2.45) is 5.73 Å². The molecule has 0 spiro atoms. The van der Waals surface area contributed by atoms with Gasteiger partial charge < -0.3 is 11.1 Å². The minimum atomic E-state index is -0.862. The van der Waals surface area contributed by atoms with E-state index in [1.807, 2.05) is 30.3 Å². The molecule has 0 unspecified atom stereocenters. The monoisotopic (exact) mass is 458 g/mol. The molecular formula is C24H22N6O4. The number of urea groups is 1. The van der Waals surface area contributed by atoms with Crippen LogP contribution in [-0.4, -0.2) is 40.1 Å². The normalized spacial score (nSPS) is 13.3. The Morgan fingerprint density at radius 2 is 1.68 bits per heavy atom. The van der Waals surface area contributed by atoms with Crippen molar-refractivity contribution in [3.05, 3.63) is 83.1 Å². The smallest absolute Gasteiger partial charge is 0.328 e. The molecule has 0 saturated carbocycles. The minimum absolute atomic E-state index is 0.203. The Kier molecular flexibility index (Phi) is 6.60. The number of barbiturate groups is 1. The van der Waals surface area contributed by atoms with E-state index in [-0.39, 0.29) is 11.5 Å². The lowest BCUT2D eigenvalue weighted by molar-refractivity contribution is -0.123. The van der Waals surface area contributed by atoms with Crippen molar-refractivity contribution in [3.63, 3.8) is 0 Å². The lowest BCUT2D eigenvalue weighted by Gasteiger charge is -2.13. The van der Waals surface area contributed by atoms with E-state index < -0.39 is 17.8 Å². The number of rotatable bonds is 7. The van der Waals surface area contributed by atoms with Crippen molar-refractivity contribution < 1.29 is 19.2 Å². The van der Waals surface area contributed by atoms with Crippen LogP contribution in [0.5, 0.6) is 0 Å². The molecule has 1 aliphatic heterocycles. The van der Waals surface area contributed by atoms with Gasteiger partial charge in [0.2, 0.25) is 0 Å². The fourth-order valence-corrected chi connectivity index (χ4v) is 3.42. The lowest BCUT2D eigenvalue weighted by Crippen LogP contribution is -2.51. The minimum Gasteiger partial charge on any atom is -0.350 e. The lowest BCUT2D eigenvalue weighted by atomic mass is 10.0. The molecule has 4 rings (SSSR count). The first-order valence-electron chi connectivity index (χ1n) is 10.5. The zero-order chi connectivity index (χ0) is 24.1. The first kappa shape index (κ1) is 22.6. The standard InChI is InChI=1S/C24H22N6O4/c25-13-15-6-8-17(9-7-15)21(31)26-10-11-30-14-18(20(29-30)16-4-2-1-3-5-16)12-19-22(32)27-24(34)28-23(19)33/h1-9,12,14H,10-11,13,25H2,(H,26,31)(H2,27,28,32,33,34). The van der Waals surface area contributed by atoms with E-state index in [0.717, 1.165) is 11.1 Å². The number of nitrogens with zero attached hydrogens (tertiary/aromatic N) is 2. The van der Waals surface area contributed by atoms with E-state index in [9.17, 15) is 19.2 Å². The van der Waals surface area contributed by atoms with Gasteiger partial charge in [0, 0.05) is 36.0 Å². The van der Waals surface area contributed by atoms with Gasteiger partial charge in [0.1, 0.15) is 5.57 Å². The van der Waals surface area contributed by atoms with Gasteiger partial charge in [0.15, 0.2) is 0 Å². The Labute approximate surface area is 194 Å². The Morgan fingerprint density at radius 1 is 1.00 bits per heavy atom. The quantitative estimate of drug-likeness (QED) is 0.309. The van der Waals surface area contributed by atoms with Crippen molar-refractivity contribution >= 4 is 29.8 Å². The van der Waals surface area contributed by atoms with Gasteiger partial charge in [-0.15, -0.1) is 0 Å². The molecule has 34 heavy (non-hydrogen) atoms. The predicted octanol–water partition coefficient (Wildman–Crippen LogP) is 1.19. The largest absolute Gasteiger partial charge is 0.350 e. The van der Waals surface area contributed by atoms with Crippen molar-refractivity contribution in [3.8, 4) is 11.3 Å². The summed E-state index contributed by atoms with van der Waals surface area (Å²) in [6, 6.07) is 15.4. The maximum absolute atomic E-state index is 12.4. The van der Waals surface area contributed by atoms with Crippen LogP contribution < -0.4 is 21.7 Å². The van der Waals surface area contributed by atoms with Crippen molar-refractivity contribution in [1.82, 2.24) is 25.7 Å². The molecule has 10 heteroatoms. The van der Waals surface area contributed by atoms with E-state index in [4.69, 9.17) is 5.73 Å². The summed E-state index contributed by atoms with van der Waals surface area (Å²) >= 11 is 0. The fourth-order valence-electron chi connectivity index (χ4n) is 3.42. The van der Waals surface area contributed by atoms with Gasteiger partial charge >= 0.3 is 6.03 Å². The average Bonchev–Trinajstić information content (AvgIpc) is 3.24. The first-order valence-corrected chi connectivity index (χ1v) is 10.5. The summed E-state index contributed by atoms with van der Waals surface area (Å²) in [5.41, 5.74) is 8.69. The number of aromatic nitrogens is 2. The maximum atomic E-state index is 12.4. The zero-order valence-electron chi connectivity index (χ0n) is 18.1. The Hall–Kier alpha value is -4.57. The number of carbonyl (C=O) groups is 4. The van der Waals surface area contributed by atoms with Crippen LogP contribution in [0.1, 0.15) is 21.5 Å². The Bertz CT molecular complexity index is 1260. The van der Waals surface area contributed by atoms with E-state index >= 15 is 0 Å². The summed E-state index contributed by atoms with van der Waals surface area (Å²) in [6.07, 6.45) is 3.06. The molecule has 5 N–H and O–H groups in total. The summed E-state index contributed by atoms with van der Waals surface area (Å²) in [7, 11) is 0. The van der Waals surface area contributed by atoms with E-state index in [1.54, 1.807) is 35.1 Å². The molecule has 1 fully saturated rings. The van der Waals surface area contributed by atoms with Crippen LogP contribution in [-0.2, 0) is 22.7 Å². The predicted molar refractivity (Wildman–Crippen MR) is 124 cm³/mol. The fraction of sp³-hybridized carbons (Fsp3) is 0.125. The van der Waals surface area contributed by atoms with Crippen LogP contribution in [0.15, 0.2) is 66.4 Å². The van der Waals surface area contributed by atoms with E-state index in [0.29, 0.717) is 36.5 Å². The summed E-state index contributed by atoms with van der Waals surface area (Å²) < 4.78 is 1.62. The highest BCUT2D eigenvalue weighted by Crippen LogP contribution is 2.24. The second-order valence-corrected chi connectivity index (χ2v) is 7.51. The van der Waals surface area contributed by atoms with Crippen LogP contribution in [0, 0.1) is 0 Å². The number of nitrogens with one attached hydrogen (secondary N) is 3. The number of nitrogens with two attached hydrogens (primary N) is 1. The maximum Gasteiger partial charge on any atom is 0.328 e. The number of amides is 5. The Morgan fingerprint density at radius 3 is 2.32 bits per heavy atom. The summed E-state index contributed by atoms with van der Waals surface area (Å²) in [4.78, 5) is 48.0. The van der Waals surface area contributed by atoms with Gasteiger partial charge in [-0.25, -0.2) is 4.79 Å². The summed E-state index contributed by atoms with van der Waals surface area (Å²) in [5, 5.41) is 11.5. The molecule has 1 aromatic heterocycles. The number of hydrogen-bond acceptors (Lipinski definition) is 6. The molecular weight excluding hydrogens is 436 g/mol. The highest BCUT2D eigenvalue weighted by Gasteiger charge is 2.28. The third-order valence-electron chi connectivity index (χ3n) is 5.16. The molecule has 2 aromatic carbocycles. The van der Waals surface area contributed by atoms with Gasteiger partial charge in [-0.2, -0.15) is 5.10 Å². The molecule has 1 saturated heterocycles. The van der Waals surface area contributed by atoms with Crippen LogP contribution in [0.4, 0.5) is 4.79 Å². The van der Waals surface area contributed by atoms with Crippen LogP contribution in [0.25, 0.3) is 17.3 Å². The highest BCUT2D eigenvalue weighted by molar-refractivity contribution is 6.31. The molecule has 0 bridgehead atoms. The van der Waals surface area contributed by atoms with Gasteiger partial charge in [-0.1, -0.05) is 42.5 Å². The zero-order valence-corrected chi connectivity index (χ0v) is 18.1. The molecule has 1 aliphatic rings. The molecule has 3 aromatic rings. The number of imide groups is 2.